The van der Waals surface area contributed by atoms with E-state index in [0.717, 1.165) is 22.3 Å². The Bertz CT molecular complexity index is 854. The second kappa shape index (κ2) is 7.05. The molecule has 0 radical (unpaired) electrons. The third-order valence-electron chi connectivity index (χ3n) is 3.38. The number of thiophene rings is 1. The highest BCUT2D eigenvalue weighted by atomic mass is 32.1. The number of nitrogens with one attached hydrogen (secondary N) is 1. The smallest absolute Gasteiger partial charge is 0.239 e. The molecule has 0 unspecified atom stereocenters. The Morgan fingerprint density at radius 1 is 1.33 bits per heavy atom. The van der Waals surface area contributed by atoms with Crippen LogP contribution in [0.4, 0.5) is 0 Å². The van der Waals surface area contributed by atoms with Gasteiger partial charge >= 0.3 is 0 Å². The predicted octanol–water partition coefficient (Wildman–Crippen LogP) is 2.64. The first-order valence-electron chi connectivity index (χ1n) is 7.05. The number of carbonyl (C=O) groups is 1. The van der Waals surface area contributed by atoms with Crippen LogP contribution < -0.4 is 4.74 Å². The minimum atomic E-state index is -0.324. The van der Waals surface area contributed by atoms with Gasteiger partial charge in [-0.15, -0.1) is 21.5 Å². The normalized spacial score (nSPS) is 11.5. The number of ether oxygens (including phenoxy) is 1. The standard InChI is InChI=1S/C16H14N4O3S/c1-23-11-4-2-10(3-5-11)8-15-12(6-7-24-15)13(21)9-14(22)16-17-19-20-18-16/h2-7,9,22H,8H2,1H3,(H,17,18,19,20). The Hall–Kier alpha value is -3.00. The second-order valence-corrected chi connectivity index (χ2v) is 5.91. The van der Waals surface area contributed by atoms with Crippen molar-refractivity contribution >= 4 is 22.9 Å². The average molecular weight is 342 g/mol. The summed E-state index contributed by atoms with van der Waals surface area (Å²) in [7, 11) is 1.62. The number of hydrogen-bond acceptors (Lipinski definition) is 7. The van der Waals surface area contributed by atoms with Crippen LogP contribution in [0.5, 0.6) is 5.75 Å². The first-order valence-corrected chi connectivity index (χ1v) is 7.93. The lowest BCUT2D eigenvalue weighted by atomic mass is 10.1. The third kappa shape index (κ3) is 3.49. The van der Waals surface area contributed by atoms with E-state index in [0.29, 0.717) is 12.0 Å². The van der Waals surface area contributed by atoms with E-state index in [9.17, 15) is 9.90 Å². The summed E-state index contributed by atoms with van der Waals surface area (Å²) in [4.78, 5) is 13.3. The highest BCUT2D eigenvalue weighted by Crippen LogP contribution is 2.23. The number of aromatic nitrogens is 4. The highest BCUT2D eigenvalue weighted by Gasteiger charge is 2.14. The van der Waals surface area contributed by atoms with Gasteiger partial charge in [0, 0.05) is 22.9 Å². The molecule has 0 aliphatic heterocycles. The minimum absolute atomic E-state index is 0.0183. The molecule has 0 atom stereocenters. The van der Waals surface area contributed by atoms with Crippen LogP contribution in [0.15, 0.2) is 41.8 Å². The lowest BCUT2D eigenvalue weighted by Gasteiger charge is -2.04. The fourth-order valence-electron chi connectivity index (χ4n) is 2.16. The van der Waals surface area contributed by atoms with Gasteiger partial charge in [-0.1, -0.05) is 12.1 Å². The number of hydrogen-bond donors (Lipinski definition) is 2. The summed E-state index contributed by atoms with van der Waals surface area (Å²) in [5, 5.41) is 24.5. The van der Waals surface area contributed by atoms with Crippen LogP contribution in [0.25, 0.3) is 5.76 Å². The Balaban J connectivity index is 1.79. The molecule has 0 saturated heterocycles. The number of aliphatic hydroxyl groups excluding tert-OH is 1. The fraction of sp³-hybridized carbons (Fsp3) is 0.125. The van der Waals surface area contributed by atoms with Crippen molar-refractivity contribution in [3.63, 3.8) is 0 Å². The Morgan fingerprint density at radius 2 is 2.12 bits per heavy atom. The molecule has 0 spiro atoms. The van der Waals surface area contributed by atoms with Gasteiger partial charge in [-0.25, -0.2) is 0 Å². The van der Waals surface area contributed by atoms with Crippen LogP contribution in [0.3, 0.4) is 0 Å². The molecular weight excluding hydrogens is 328 g/mol. The maximum Gasteiger partial charge on any atom is 0.239 e. The lowest BCUT2D eigenvalue weighted by molar-refractivity contribution is 0.104. The molecule has 0 saturated carbocycles. The Kier molecular flexibility index (Phi) is 4.66. The van der Waals surface area contributed by atoms with E-state index in [1.807, 2.05) is 29.6 Å². The number of ketones is 1. The number of aliphatic hydroxyl groups is 1. The summed E-state index contributed by atoms with van der Waals surface area (Å²) in [6.45, 7) is 0. The number of aromatic amines is 1. The topological polar surface area (TPSA) is 101 Å². The molecule has 122 valence electrons. The summed E-state index contributed by atoms with van der Waals surface area (Å²) in [6, 6.07) is 9.42. The van der Waals surface area contributed by atoms with Gasteiger partial charge in [0.2, 0.25) is 5.82 Å². The van der Waals surface area contributed by atoms with Gasteiger partial charge < -0.3 is 9.84 Å². The number of benzene rings is 1. The first kappa shape index (κ1) is 15.9. The Morgan fingerprint density at radius 3 is 2.79 bits per heavy atom. The van der Waals surface area contributed by atoms with E-state index in [-0.39, 0.29) is 17.4 Å². The molecule has 0 aliphatic rings. The van der Waals surface area contributed by atoms with Crippen molar-refractivity contribution < 1.29 is 14.6 Å². The van der Waals surface area contributed by atoms with Crippen molar-refractivity contribution in [1.29, 1.82) is 0 Å². The molecule has 0 aliphatic carbocycles. The summed E-state index contributed by atoms with van der Waals surface area (Å²) < 4.78 is 5.14. The molecule has 0 fully saturated rings. The van der Waals surface area contributed by atoms with Crippen molar-refractivity contribution in [3.8, 4) is 5.75 Å². The number of H-pyrrole nitrogens is 1. The number of allylic oxidation sites excluding steroid dienone is 1. The van der Waals surface area contributed by atoms with E-state index in [1.165, 1.54) is 11.3 Å². The van der Waals surface area contributed by atoms with E-state index < -0.39 is 0 Å². The monoisotopic (exact) mass is 342 g/mol. The number of tetrazole rings is 1. The third-order valence-corrected chi connectivity index (χ3v) is 4.30. The maximum atomic E-state index is 12.4. The van der Waals surface area contributed by atoms with Gasteiger partial charge in [0.25, 0.3) is 0 Å². The van der Waals surface area contributed by atoms with Crippen LogP contribution in [-0.4, -0.2) is 38.6 Å². The number of nitrogens with zero attached hydrogens (tertiary/aromatic N) is 3. The molecule has 0 bridgehead atoms. The predicted molar refractivity (Wildman–Crippen MR) is 89.2 cm³/mol. The van der Waals surface area contributed by atoms with Crippen LogP contribution in [0.2, 0.25) is 0 Å². The van der Waals surface area contributed by atoms with Gasteiger partial charge in [-0.2, -0.15) is 5.21 Å². The molecular formula is C16H14N4O3S. The fourth-order valence-corrected chi connectivity index (χ4v) is 3.08. The molecule has 2 aromatic heterocycles. The van der Waals surface area contributed by atoms with Crippen molar-refractivity contribution in [1.82, 2.24) is 20.6 Å². The zero-order valence-electron chi connectivity index (χ0n) is 12.8. The summed E-state index contributed by atoms with van der Waals surface area (Å²) in [6.07, 6.45) is 1.73. The molecule has 2 heterocycles. The Labute approximate surface area is 141 Å². The van der Waals surface area contributed by atoms with Gasteiger partial charge in [-0.05, 0) is 34.4 Å². The first-order chi connectivity index (χ1) is 11.7. The molecule has 8 heteroatoms. The molecule has 24 heavy (non-hydrogen) atoms. The second-order valence-electron chi connectivity index (χ2n) is 4.91. The van der Waals surface area contributed by atoms with Gasteiger partial charge in [0.15, 0.2) is 11.5 Å². The van der Waals surface area contributed by atoms with Crippen LogP contribution in [0, 0.1) is 0 Å². The van der Waals surface area contributed by atoms with Crippen LogP contribution >= 0.6 is 11.3 Å². The number of carbonyl (C=O) groups excluding carboxylic acids is 1. The highest BCUT2D eigenvalue weighted by molar-refractivity contribution is 7.10. The van der Waals surface area contributed by atoms with Crippen LogP contribution in [-0.2, 0) is 6.42 Å². The van der Waals surface area contributed by atoms with Gasteiger partial charge in [0.05, 0.1) is 7.11 Å². The summed E-state index contributed by atoms with van der Waals surface area (Å²) in [5.74, 6) is 0.141. The molecule has 7 nitrogen and oxygen atoms in total. The zero-order valence-corrected chi connectivity index (χ0v) is 13.6. The number of rotatable bonds is 6. The van der Waals surface area contributed by atoms with E-state index >= 15 is 0 Å². The molecule has 1 aromatic carbocycles. The van der Waals surface area contributed by atoms with E-state index in [1.54, 1.807) is 13.2 Å². The van der Waals surface area contributed by atoms with Crippen molar-refractivity contribution in [3.05, 3.63) is 63.6 Å². The maximum absolute atomic E-state index is 12.4. The average Bonchev–Trinajstić information content (AvgIpc) is 3.27. The quantitative estimate of drug-likeness (QED) is 0.406. The lowest BCUT2D eigenvalue weighted by Crippen LogP contribution is -2.00. The zero-order chi connectivity index (χ0) is 16.9. The molecule has 0 amide bonds. The largest absolute Gasteiger partial charge is 0.504 e. The number of methoxy groups -OCH3 is 1. The van der Waals surface area contributed by atoms with E-state index in [2.05, 4.69) is 20.6 Å². The van der Waals surface area contributed by atoms with Gasteiger partial charge in [-0.3, -0.25) is 4.79 Å². The SMILES string of the molecule is COc1ccc(Cc2sccc2C(=O)C=C(O)c2nn[nH]n2)cc1. The molecule has 3 rings (SSSR count). The van der Waals surface area contributed by atoms with E-state index in [4.69, 9.17) is 4.74 Å². The van der Waals surface area contributed by atoms with Crippen LogP contribution in [0.1, 0.15) is 26.6 Å². The van der Waals surface area contributed by atoms with Crippen molar-refractivity contribution in [2.45, 2.75) is 6.42 Å². The molecule has 2 N–H and O–H groups in total. The molecule has 3 aromatic rings. The summed E-state index contributed by atoms with van der Waals surface area (Å²) >= 11 is 1.49. The summed E-state index contributed by atoms with van der Waals surface area (Å²) in [5.41, 5.74) is 1.62. The van der Waals surface area contributed by atoms with Gasteiger partial charge in [0.1, 0.15) is 5.75 Å². The van der Waals surface area contributed by atoms with Crippen molar-refractivity contribution in [2.75, 3.05) is 7.11 Å². The minimum Gasteiger partial charge on any atom is -0.504 e. The van der Waals surface area contributed by atoms with Crippen molar-refractivity contribution in [2.24, 2.45) is 0 Å².